The van der Waals surface area contributed by atoms with Crippen LogP contribution in [0.15, 0.2) is 66.7 Å². The molecule has 1 aliphatic rings. The summed E-state index contributed by atoms with van der Waals surface area (Å²) in [5, 5.41) is 11.9. The molecule has 4 rings (SSSR count). The Morgan fingerprint density at radius 2 is 1.52 bits per heavy atom. The molecular weight excluding hydrogens is 418 g/mol. The molecule has 0 spiro atoms. The van der Waals surface area contributed by atoms with Gasteiger partial charge >= 0.3 is 12.1 Å². The number of alkyl carbamates (subject to hydrolysis) is 1. The number of rotatable bonds is 7. The maximum absolute atomic E-state index is 12.6. The summed E-state index contributed by atoms with van der Waals surface area (Å²) >= 11 is 0. The van der Waals surface area contributed by atoms with E-state index < -0.39 is 18.1 Å². The van der Waals surface area contributed by atoms with Crippen LogP contribution in [0.3, 0.4) is 0 Å². The van der Waals surface area contributed by atoms with E-state index in [2.05, 4.69) is 5.32 Å². The molecule has 33 heavy (non-hydrogen) atoms. The van der Waals surface area contributed by atoms with Crippen LogP contribution in [0.2, 0.25) is 0 Å². The largest absolute Gasteiger partial charge is 0.480 e. The van der Waals surface area contributed by atoms with Crippen LogP contribution in [0, 0.1) is 13.8 Å². The molecule has 168 valence electrons. The van der Waals surface area contributed by atoms with Gasteiger partial charge in [0.15, 0.2) is 5.78 Å². The van der Waals surface area contributed by atoms with Gasteiger partial charge in [-0.05, 0) is 53.3 Å². The molecule has 2 N–H and O–H groups in total. The lowest BCUT2D eigenvalue weighted by atomic mass is 9.98. The molecule has 0 saturated heterocycles. The molecule has 0 bridgehead atoms. The van der Waals surface area contributed by atoms with E-state index in [1.807, 2.05) is 68.4 Å². The summed E-state index contributed by atoms with van der Waals surface area (Å²) in [7, 11) is 0. The van der Waals surface area contributed by atoms with E-state index in [9.17, 15) is 19.5 Å². The Bertz CT molecular complexity index is 1190. The summed E-state index contributed by atoms with van der Waals surface area (Å²) in [6.45, 7) is 3.88. The molecule has 0 fully saturated rings. The van der Waals surface area contributed by atoms with Crippen molar-refractivity contribution in [2.24, 2.45) is 0 Å². The minimum Gasteiger partial charge on any atom is -0.480 e. The molecule has 6 heteroatoms. The number of carboxylic acids is 1. The molecular formula is C27H25NO5. The van der Waals surface area contributed by atoms with Crippen molar-refractivity contribution >= 4 is 17.8 Å². The average Bonchev–Trinajstić information content (AvgIpc) is 3.12. The van der Waals surface area contributed by atoms with Crippen molar-refractivity contribution in [1.29, 1.82) is 0 Å². The normalized spacial score (nSPS) is 13.0. The molecule has 6 nitrogen and oxygen atoms in total. The highest BCUT2D eigenvalue weighted by Crippen LogP contribution is 2.44. The van der Waals surface area contributed by atoms with E-state index in [1.54, 1.807) is 12.1 Å². The predicted molar refractivity (Wildman–Crippen MR) is 124 cm³/mol. The number of hydrogen-bond acceptors (Lipinski definition) is 4. The van der Waals surface area contributed by atoms with Crippen molar-refractivity contribution in [3.63, 3.8) is 0 Å². The first-order valence-electron chi connectivity index (χ1n) is 10.8. The molecule has 0 aliphatic heterocycles. The number of aryl methyl sites for hydroxylation is 2. The average molecular weight is 443 g/mol. The maximum Gasteiger partial charge on any atom is 0.407 e. The summed E-state index contributed by atoms with van der Waals surface area (Å²) in [5.41, 5.74) is 6.72. The number of ether oxygens (including phenoxy) is 1. The first-order chi connectivity index (χ1) is 15.8. The van der Waals surface area contributed by atoms with E-state index in [1.165, 1.54) is 0 Å². The third kappa shape index (κ3) is 4.65. The SMILES string of the molecule is Cc1ccc(C(=O)CC(NC(=O)OCC2c3ccccc3-c3ccccc32)C(=O)O)cc1C. The Morgan fingerprint density at radius 1 is 0.909 bits per heavy atom. The quantitative estimate of drug-likeness (QED) is 0.509. The summed E-state index contributed by atoms with van der Waals surface area (Å²) in [6.07, 6.45) is -1.22. The zero-order chi connectivity index (χ0) is 23.5. The molecule has 1 amide bonds. The number of Topliss-reactive ketones (excluding diaryl/α,β-unsaturated/α-hetero) is 1. The second kappa shape index (κ2) is 9.28. The number of amides is 1. The van der Waals surface area contributed by atoms with Crippen LogP contribution in [0.25, 0.3) is 11.1 Å². The first-order valence-corrected chi connectivity index (χ1v) is 10.8. The Kier molecular flexibility index (Phi) is 6.27. The smallest absolute Gasteiger partial charge is 0.407 e. The van der Waals surface area contributed by atoms with Crippen LogP contribution in [0.4, 0.5) is 4.79 Å². The van der Waals surface area contributed by atoms with Crippen molar-refractivity contribution < 1.29 is 24.2 Å². The fourth-order valence-electron chi connectivity index (χ4n) is 4.20. The lowest BCUT2D eigenvalue weighted by Crippen LogP contribution is -2.42. The molecule has 1 aliphatic carbocycles. The van der Waals surface area contributed by atoms with E-state index >= 15 is 0 Å². The Hall–Kier alpha value is -3.93. The lowest BCUT2D eigenvalue weighted by Gasteiger charge is -2.17. The number of fused-ring (bicyclic) bond motifs is 3. The molecule has 0 radical (unpaired) electrons. The molecule has 1 atom stereocenters. The first kappa shape index (κ1) is 22.3. The highest BCUT2D eigenvalue weighted by atomic mass is 16.5. The molecule has 0 saturated carbocycles. The van der Waals surface area contributed by atoms with Gasteiger partial charge in [-0.3, -0.25) is 4.79 Å². The van der Waals surface area contributed by atoms with Crippen molar-refractivity contribution in [3.8, 4) is 11.1 Å². The second-order valence-corrected chi connectivity index (χ2v) is 8.29. The van der Waals surface area contributed by atoms with Gasteiger partial charge in [-0.2, -0.15) is 0 Å². The van der Waals surface area contributed by atoms with Crippen molar-refractivity contribution in [3.05, 3.63) is 94.5 Å². The van der Waals surface area contributed by atoms with Crippen LogP contribution in [-0.4, -0.2) is 35.6 Å². The Morgan fingerprint density at radius 3 is 2.09 bits per heavy atom. The molecule has 1 unspecified atom stereocenters. The minimum atomic E-state index is -1.38. The molecule has 3 aromatic carbocycles. The predicted octanol–water partition coefficient (Wildman–Crippen LogP) is 4.87. The topological polar surface area (TPSA) is 92.7 Å². The third-order valence-electron chi connectivity index (χ3n) is 6.15. The van der Waals surface area contributed by atoms with Crippen LogP contribution in [0.5, 0.6) is 0 Å². The van der Waals surface area contributed by atoms with Gasteiger partial charge in [0.25, 0.3) is 0 Å². The molecule has 0 heterocycles. The van der Waals surface area contributed by atoms with Gasteiger partial charge in [0, 0.05) is 17.9 Å². The van der Waals surface area contributed by atoms with E-state index in [4.69, 9.17) is 4.74 Å². The summed E-state index contributed by atoms with van der Waals surface area (Å²) < 4.78 is 5.42. The van der Waals surface area contributed by atoms with Crippen molar-refractivity contribution in [2.75, 3.05) is 6.61 Å². The lowest BCUT2D eigenvalue weighted by molar-refractivity contribution is -0.139. The van der Waals surface area contributed by atoms with Gasteiger partial charge in [0.1, 0.15) is 12.6 Å². The number of ketones is 1. The fourth-order valence-corrected chi connectivity index (χ4v) is 4.20. The number of carbonyl (C=O) groups excluding carboxylic acids is 2. The minimum absolute atomic E-state index is 0.0668. The summed E-state index contributed by atoms with van der Waals surface area (Å²) in [6, 6.07) is 19.7. The summed E-state index contributed by atoms with van der Waals surface area (Å²) in [4.78, 5) is 36.7. The monoisotopic (exact) mass is 443 g/mol. The van der Waals surface area contributed by atoms with Gasteiger partial charge in [0.2, 0.25) is 0 Å². The maximum atomic E-state index is 12.6. The van der Waals surface area contributed by atoms with Crippen molar-refractivity contribution in [2.45, 2.75) is 32.2 Å². The number of benzene rings is 3. The molecule has 3 aromatic rings. The van der Waals surface area contributed by atoms with E-state index in [-0.39, 0.29) is 24.7 Å². The summed E-state index contributed by atoms with van der Waals surface area (Å²) in [5.74, 6) is -1.78. The number of aliphatic carboxylic acids is 1. The highest BCUT2D eigenvalue weighted by molar-refractivity contribution is 5.99. The van der Waals surface area contributed by atoms with Gasteiger partial charge < -0.3 is 15.2 Å². The Labute approximate surface area is 192 Å². The number of nitrogens with one attached hydrogen (secondary N) is 1. The van der Waals surface area contributed by atoms with Crippen molar-refractivity contribution in [1.82, 2.24) is 5.32 Å². The highest BCUT2D eigenvalue weighted by Gasteiger charge is 2.30. The van der Waals surface area contributed by atoms with Crippen LogP contribution in [0.1, 0.15) is 45.0 Å². The van der Waals surface area contributed by atoms with E-state index in [0.29, 0.717) is 5.56 Å². The zero-order valence-corrected chi connectivity index (χ0v) is 18.5. The number of hydrogen-bond donors (Lipinski definition) is 2. The van der Waals surface area contributed by atoms with Gasteiger partial charge in [-0.25, -0.2) is 9.59 Å². The zero-order valence-electron chi connectivity index (χ0n) is 18.5. The third-order valence-corrected chi connectivity index (χ3v) is 6.15. The van der Waals surface area contributed by atoms with Gasteiger partial charge in [-0.15, -0.1) is 0 Å². The van der Waals surface area contributed by atoms with Crippen LogP contribution < -0.4 is 5.32 Å². The standard InChI is InChI=1S/C27H25NO5/c1-16-11-12-18(13-17(16)2)25(29)14-24(26(30)31)28-27(32)33-15-23-21-9-5-3-7-19(21)20-8-4-6-10-22(20)23/h3-13,23-24H,14-15H2,1-2H3,(H,28,32)(H,30,31). The van der Waals surface area contributed by atoms with Crippen LogP contribution in [-0.2, 0) is 9.53 Å². The fraction of sp³-hybridized carbons (Fsp3) is 0.222. The number of carbonyl (C=O) groups is 3. The van der Waals surface area contributed by atoms with E-state index in [0.717, 1.165) is 33.4 Å². The van der Waals surface area contributed by atoms with Gasteiger partial charge in [0.05, 0.1) is 0 Å². The molecule has 0 aromatic heterocycles. The number of carboxylic acid groups (broad SMARTS) is 1. The second-order valence-electron chi connectivity index (χ2n) is 8.29. The Balaban J connectivity index is 1.41. The van der Waals surface area contributed by atoms with Crippen LogP contribution >= 0.6 is 0 Å². The van der Waals surface area contributed by atoms with Gasteiger partial charge in [-0.1, -0.05) is 60.7 Å².